The number of rotatable bonds is 6. The lowest BCUT2D eigenvalue weighted by Gasteiger charge is -2.21. The van der Waals surface area contributed by atoms with Gasteiger partial charge in [-0.1, -0.05) is 18.2 Å². The van der Waals surface area contributed by atoms with Gasteiger partial charge in [-0.2, -0.15) is 0 Å². The quantitative estimate of drug-likeness (QED) is 0.766. The summed E-state index contributed by atoms with van der Waals surface area (Å²) in [4.78, 5) is 26.1. The lowest BCUT2D eigenvalue weighted by atomic mass is 9.77. The molecule has 3 aliphatic rings. The zero-order valence-corrected chi connectivity index (χ0v) is 14.7. The fraction of sp³-hybridized carbons (Fsp3) is 0.474. The predicted molar refractivity (Wildman–Crippen MR) is 91.2 cm³/mol. The molecule has 26 heavy (non-hydrogen) atoms. The summed E-state index contributed by atoms with van der Waals surface area (Å²) >= 11 is 0. The second-order valence-corrected chi connectivity index (χ2v) is 6.94. The van der Waals surface area contributed by atoms with Crippen LogP contribution >= 0.6 is 0 Å². The van der Waals surface area contributed by atoms with Gasteiger partial charge in [0, 0.05) is 6.54 Å². The molecule has 0 radical (unpaired) electrons. The van der Waals surface area contributed by atoms with E-state index in [0.717, 1.165) is 5.56 Å². The zero-order chi connectivity index (χ0) is 18.5. The third-order valence-electron chi connectivity index (χ3n) is 5.58. The number of ether oxygens (including phenoxy) is 3. The highest BCUT2D eigenvalue weighted by Crippen LogP contribution is 2.51. The fourth-order valence-corrected chi connectivity index (χ4v) is 4.35. The van der Waals surface area contributed by atoms with Gasteiger partial charge in [0.2, 0.25) is 5.91 Å². The first-order chi connectivity index (χ1) is 12.5. The summed E-state index contributed by atoms with van der Waals surface area (Å²) in [6, 6.07) is 5.66. The number of carboxylic acid groups (broad SMARTS) is 1. The minimum atomic E-state index is -0.971. The van der Waals surface area contributed by atoms with Crippen LogP contribution < -0.4 is 9.47 Å². The molecular formula is C19H21NO6. The monoisotopic (exact) mass is 359 g/mol. The van der Waals surface area contributed by atoms with Crippen LogP contribution in [0.5, 0.6) is 11.5 Å². The van der Waals surface area contributed by atoms with Gasteiger partial charge in [-0.25, -0.2) is 0 Å². The minimum absolute atomic E-state index is 0.135. The molecule has 7 nitrogen and oxygen atoms in total. The van der Waals surface area contributed by atoms with Crippen molar-refractivity contribution >= 4 is 11.9 Å². The Bertz CT molecular complexity index is 790. The molecule has 1 aromatic rings. The van der Waals surface area contributed by atoms with Crippen LogP contribution in [-0.4, -0.2) is 60.9 Å². The summed E-state index contributed by atoms with van der Waals surface area (Å²) in [6.45, 7) is 0.904. The Kier molecular flexibility index (Phi) is 3.91. The Morgan fingerprint density at radius 1 is 1.35 bits per heavy atom. The van der Waals surface area contributed by atoms with E-state index in [-0.39, 0.29) is 5.91 Å². The molecule has 2 fully saturated rings. The lowest BCUT2D eigenvalue weighted by molar-refractivity contribution is -0.148. The van der Waals surface area contributed by atoms with Crippen molar-refractivity contribution in [1.29, 1.82) is 0 Å². The summed E-state index contributed by atoms with van der Waals surface area (Å²) in [5, 5.41) is 9.49. The minimum Gasteiger partial charge on any atom is -0.493 e. The number of fused-ring (bicyclic) bond motifs is 1. The smallest absolute Gasteiger partial charge is 0.310 e. The number of likely N-dealkylation sites (tertiary alicyclic amines) is 1. The average Bonchev–Trinajstić information content (AvgIpc) is 3.27. The number of carbonyl (C=O) groups excluding carboxylic acids is 1. The van der Waals surface area contributed by atoms with Crippen LogP contribution in [0.1, 0.15) is 5.56 Å². The molecule has 4 atom stereocenters. The van der Waals surface area contributed by atoms with E-state index in [0.29, 0.717) is 31.0 Å². The van der Waals surface area contributed by atoms with E-state index in [1.807, 2.05) is 24.3 Å². The van der Waals surface area contributed by atoms with Crippen LogP contribution in [0, 0.1) is 11.8 Å². The number of aliphatic carboxylic acids is 1. The fourth-order valence-electron chi connectivity index (χ4n) is 4.35. The van der Waals surface area contributed by atoms with Crippen LogP contribution in [0.15, 0.2) is 30.4 Å². The van der Waals surface area contributed by atoms with Crippen LogP contribution in [0.2, 0.25) is 0 Å². The van der Waals surface area contributed by atoms with Crippen molar-refractivity contribution in [2.24, 2.45) is 11.8 Å². The van der Waals surface area contributed by atoms with Gasteiger partial charge in [-0.3, -0.25) is 9.59 Å². The molecule has 4 rings (SSSR count). The highest BCUT2D eigenvalue weighted by atomic mass is 16.5. The lowest BCUT2D eigenvalue weighted by Crippen LogP contribution is -2.39. The average molecular weight is 359 g/mol. The second kappa shape index (κ2) is 6.02. The van der Waals surface area contributed by atoms with Crippen molar-refractivity contribution in [3.8, 4) is 11.5 Å². The van der Waals surface area contributed by atoms with Gasteiger partial charge in [-0.15, -0.1) is 0 Å². The summed E-state index contributed by atoms with van der Waals surface area (Å²) in [6.07, 6.45) is 3.80. The maximum atomic E-state index is 12.8. The molecule has 2 bridgehead atoms. The van der Waals surface area contributed by atoms with E-state index in [9.17, 15) is 14.7 Å². The van der Waals surface area contributed by atoms with Crippen LogP contribution in [0.3, 0.4) is 0 Å². The Balaban J connectivity index is 1.48. The molecule has 7 heteroatoms. The Morgan fingerprint density at radius 3 is 2.81 bits per heavy atom. The van der Waals surface area contributed by atoms with Gasteiger partial charge in [0.25, 0.3) is 0 Å². The Morgan fingerprint density at radius 2 is 2.12 bits per heavy atom. The van der Waals surface area contributed by atoms with Crippen LogP contribution in [0.25, 0.3) is 0 Å². The molecule has 0 aliphatic carbocycles. The standard InChI is InChI=1S/C19H21NO6/c1-24-12-4-3-11(9-14(12)25-2)6-8-20-10-19-7-5-13(26-19)15(18(22)23)16(19)17(20)21/h3-5,7,9,13,15-16H,6,8,10H2,1-2H3,(H,22,23)/t13-,15-,16-,19+/m0/s1. The van der Waals surface area contributed by atoms with E-state index >= 15 is 0 Å². The number of nitrogens with zero attached hydrogens (tertiary/aromatic N) is 1. The van der Waals surface area contributed by atoms with Crippen LogP contribution in [-0.2, 0) is 20.7 Å². The molecule has 0 unspecified atom stereocenters. The van der Waals surface area contributed by atoms with E-state index in [2.05, 4.69) is 0 Å². The molecule has 0 aromatic heterocycles. The van der Waals surface area contributed by atoms with Crippen molar-refractivity contribution in [2.45, 2.75) is 18.1 Å². The van der Waals surface area contributed by atoms with Crippen molar-refractivity contribution in [1.82, 2.24) is 4.90 Å². The Labute approximate surface area is 151 Å². The third kappa shape index (κ3) is 2.38. The predicted octanol–water partition coefficient (Wildman–Crippen LogP) is 1.11. The number of carbonyl (C=O) groups is 2. The van der Waals surface area contributed by atoms with E-state index in [4.69, 9.17) is 14.2 Å². The molecular weight excluding hydrogens is 338 g/mol. The first-order valence-corrected chi connectivity index (χ1v) is 8.59. The highest BCUT2D eigenvalue weighted by Gasteiger charge is 2.66. The van der Waals surface area contributed by atoms with Gasteiger partial charge in [0.15, 0.2) is 11.5 Å². The number of benzene rings is 1. The molecule has 0 saturated carbocycles. The van der Waals surface area contributed by atoms with E-state index < -0.39 is 29.5 Å². The molecule has 1 amide bonds. The molecule has 1 aromatic carbocycles. The normalized spacial score (nSPS) is 31.4. The van der Waals surface area contributed by atoms with Gasteiger partial charge >= 0.3 is 5.97 Å². The van der Waals surface area contributed by atoms with Crippen molar-refractivity contribution in [3.05, 3.63) is 35.9 Å². The highest BCUT2D eigenvalue weighted by molar-refractivity contribution is 5.90. The molecule has 1 N–H and O–H groups in total. The molecule has 3 heterocycles. The van der Waals surface area contributed by atoms with Gasteiger partial charge < -0.3 is 24.2 Å². The number of methoxy groups -OCH3 is 2. The SMILES string of the molecule is COc1ccc(CCN2C[C@@]34C=C[C@H](O3)[C@H](C(=O)O)[C@H]4C2=O)cc1OC. The molecule has 138 valence electrons. The van der Waals surface area contributed by atoms with Crippen molar-refractivity contribution in [3.63, 3.8) is 0 Å². The number of carboxylic acids is 1. The first kappa shape index (κ1) is 16.9. The van der Waals surface area contributed by atoms with Gasteiger partial charge in [-0.05, 0) is 24.1 Å². The zero-order valence-electron chi connectivity index (χ0n) is 14.7. The van der Waals surface area contributed by atoms with Crippen molar-refractivity contribution in [2.75, 3.05) is 27.3 Å². The maximum Gasteiger partial charge on any atom is 0.310 e. The first-order valence-electron chi connectivity index (χ1n) is 8.59. The summed E-state index contributed by atoms with van der Waals surface area (Å²) in [5.74, 6) is -1.23. The number of hydrogen-bond acceptors (Lipinski definition) is 5. The largest absolute Gasteiger partial charge is 0.493 e. The van der Waals surface area contributed by atoms with E-state index in [1.165, 1.54) is 0 Å². The Hall–Kier alpha value is -2.54. The summed E-state index contributed by atoms with van der Waals surface area (Å²) in [5.41, 5.74) is 0.239. The van der Waals surface area contributed by atoms with Crippen molar-refractivity contribution < 1.29 is 28.9 Å². The molecule has 1 spiro atoms. The van der Waals surface area contributed by atoms with Gasteiger partial charge in [0.1, 0.15) is 11.5 Å². The molecule has 3 aliphatic heterocycles. The summed E-state index contributed by atoms with van der Waals surface area (Å²) < 4.78 is 16.4. The molecule has 2 saturated heterocycles. The number of hydrogen-bond donors (Lipinski definition) is 1. The third-order valence-corrected chi connectivity index (χ3v) is 5.58. The number of amides is 1. The topological polar surface area (TPSA) is 85.3 Å². The van der Waals surface area contributed by atoms with Gasteiger partial charge in [0.05, 0.1) is 32.8 Å². The van der Waals surface area contributed by atoms with Crippen LogP contribution in [0.4, 0.5) is 0 Å². The second-order valence-electron chi connectivity index (χ2n) is 6.94. The summed E-state index contributed by atoms with van der Waals surface area (Å²) in [7, 11) is 3.16. The maximum absolute atomic E-state index is 12.8. The van der Waals surface area contributed by atoms with E-state index in [1.54, 1.807) is 25.2 Å².